The zero-order chi connectivity index (χ0) is 14.0. The van der Waals surface area contributed by atoms with Crippen LogP contribution in [0, 0.1) is 0 Å². The molecule has 1 aromatic rings. The number of aromatic nitrogens is 1. The van der Waals surface area contributed by atoms with Gasteiger partial charge < -0.3 is 14.8 Å². The van der Waals surface area contributed by atoms with Crippen LogP contribution < -0.4 is 5.32 Å². The Morgan fingerprint density at radius 1 is 1.40 bits per heavy atom. The van der Waals surface area contributed by atoms with Gasteiger partial charge in [-0.1, -0.05) is 6.92 Å². The largest absolute Gasteiger partial charge is 0.348 e. The van der Waals surface area contributed by atoms with Gasteiger partial charge in [-0.3, -0.25) is 0 Å². The maximum absolute atomic E-state index is 5.78. The second-order valence-electron chi connectivity index (χ2n) is 5.79. The van der Waals surface area contributed by atoms with Crippen LogP contribution in [-0.2, 0) is 15.9 Å². The third kappa shape index (κ3) is 3.06. The van der Waals surface area contributed by atoms with Crippen LogP contribution >= 0.6 is 11.3 Å². The molecule has 5 heteroatoms. The average Bonchev–Trinajstić information content (AvgIpc) is 3.11. The van der Waals surface area contributed by atoms with Gasteiger partial charge in [0.25, 0.3) is 0 Å². The summed E-state index contributed by atoms with van der Waals surface area (Å²) in [5.74, 6) is -0.253. The molecule has 20 heavy (non-hydrogen) atoms. The number of ether oxygens (including phenoxy) is 2. The van der Waals surface area contributed by atoms with Crippen LogP contribution in [0.2, 0.25) is 0 Å². The maximum Gasteiger partial charge on any atom is 0.168 e. The molecule has 1 saturated heterocycles. The van der Waals surface area contributed by atoms with Crippen molar-refractivity contribution in [3.8, 4) is 0 Å². The summed E-state index contributed by atoms with van der Waals surface area (Å²) in [6.07, 6.45) is 5.28. The number of aryl methyl sites for hydroxylation is 1. The first-order valence-electron chi connectivity index (χ1n) is 7.69. The van der Waals surface area contributed by atoms with Crippen LogP contribution in [0.5, 0.6) is 0 Å². The summed E-state index contributed by atoms with van der Waals surface area (Å²) in [5.41, 5.74) is 1.18. The Labute approximate surface area is 124 Å². The van der Waals surface area contributed by atoms with Crippen molar-refractivity contribution in [1.29, 1.82) is 0 Å². The van der Waals surface area contributed by atoms with Gasteiger partial charge in [-0.25, -0.2) is 4.98 Å². The summed E-state index contributed by atoms with van der Waals surface area (Å²) in [4.78, 5) is 4.67. The quantitative estimate of drug-likeness (QED) is 0.927. The van der Waals surface area contributed by atoms with Crippen molar-refractivity contribution in [2.75, 3.05) is 13.2 Å². The molecule has 1 aromatic heterocycles. The standard InChI is InChI=1S/C15H24N2O2S/c1-3-14-17-13(10-20-14)11(2)16-12-4-6-15(7-5-12)18-8-9-19-15/h10-12,16H,3-9H2,1-2H3. The molecular formula is C15H24N2O2S. The van der Waals surface area contributed by atoms with Crippen LogP contribution in [0.3, 0.4) is 0 Å². The molecule has 1 saturated carbocycles. The molecule has 0 bridgehead atoms. The molecule has 1 aliphatic heterocycles. The molecule has 1 spiro atoms. The first kappa shape index (κ1) is 14.4. The van der Waals surface area contributed by atoms with Crippen molar-refractivity contribution >= 4 is 11.3 Å². The molecule has 1 aliphatic carbocycles. The van der Waals surface area contributed by atoms with E-state index < -0.39 is 0 Å². The lowest BCUT2D eigenvalue weighted by Gasteiger charge is -2.36. The minimum absolute atomic E-state index is 0.253. The van der Waals surface area contributed by atoms with Gasteiger partial charge in [-0.15, -0.1) is 11.3 Å². The SMILES string of the molecule is CCc1nc(C(C)NC2CCC3(CC2)OCCO3)cs1. The van der Waals surface area contributed by atoms with E-state index in [1.54, 1.807) is 11.3 Å². The van der Waals surface area contributed by atoms with E-state index in [9.17, 15) is 0 Å². The van der Waals surface area contributed by atoms with Crippen molar-refractivity contribution in [2.24, 2.45) is 0 Å². The number of hydrogen-bond donors (Lipinski definition) is 1. The number of nitrogens with one attached hydrogen (secondary N) is 1. The summed E-state index contributed by atoms with van der Waals surface area (Å²) >= 11 is 1.76. The van der Waals surface area contributed by atoms with Crippen LogP contribution in [0.4, 0.5) is 0 Å². The Morgan fingerprint density at radius 2 is 2.10 bits per heavy atom. The highest BCUT2D eigenvalue weighted by molar-refractivity contribution is 7.09. The molecule has 0 amide bonds. The lowest BCUT2D eigenvalue weighted by atomic mass is 9.89. The van der Waals surface area contributed by atoms with Gasteiger partial charge in [-0.2, -0.15) is 0 Å². The molecular weight excluding hydrogens is 272 g/mol. The molecule has 4 nitrogen and oxygen atoms in total. The Morgan fingerprint density at radius 3 is 2.70 bits per heavy atom. The smallest absolute Gasteiger partial charge is 0.168 e. The normalized spacial score (nSPS) is 24.3. The first-order chi connectivity index (χ1) is 9.71. The van der Waals surface area contributed by atoms with Crippen LogP contribution in [0.25, 0.3) is 0 Å². The van der Waals surface area contributed by atoms with Gasteiger partial charge >= 0.3 is 0 Å². The molecule has 1 atom stereocenters. The number of hydrogen-bond acceptors (Lipinski definition) is 5. The van der Waals surface area contributed by atoms with E-state index in [2.05, 4.69) is 29.5 Å². The molecule has 2 heterocycles. The fraction of sp³-hybridized carbons (Fsp3) is 0.800. The van der Waals surface area contributed by atoms with Gasteiger partial charge in [0, 0.05) is 30.3 Å². The highest BCUT2D eigenvalue weighted by Crippen LogP contribution is 2.36. The molecule has 3 rings (SSSR count). The highest BCUT2D eigenvalue weighted by Gasteiger charge is 2.40. The van der Waals surface area contributed by atoms with E-state index in [0.717, 1.165) is 45.3 Å². The molecule has 2 fully saturated rings. The minimum atomic E-state index is -0.253. The lowest BCUT2D eigenvalue weighted by molar-refractivity contribution is -0.179. The third-order valence-corrected chi connectivity index (χ3v) is 5.37. The fourth-order valence-corrected chi connectivity index (χ4v) is 3.97. The second-order valence-corrected chi connectivity index (χ2v) is 6.73. The summed E-state index contributed by atoms with van der Waals surface area (Å²) in [5, 5.41) is 7.12. The molecule has 112 valence electrons. The minimum Gasteiger partial charge on any atom is -0.348 e. The maximum atomic E-state index is 5.78. The summed E-state index contributed by atoms with van der Waals surface area (Å²) in [7, 11) is 0. The molecule has 2 aliphatic rings. The predicted octanol–water partition coefficient (Wildman–Crippen LogP) is 3.04. The van der Waals surface area contributed by atoms with Crippen molar-refractivity contribution in [1.82, 2.24) is 10.3 Å². The first-order valence-corrected chi connectivity index (χ1v) is 8.57. The van der Waals surface area contributed by atoms with Crippen molar-refractivity contribution in [3.05, 3.63) is 16.1 Å². The van der Waals surface area contributed by atoms with Crippen molar-refractivity contribution in [3.63, 3.8) is 0 Å². The van der Waals surface area contributed by atoms with E-state index in [4.69, 9.17) is 9.47 Å². The van der Waals surface area contributed by atoms with E-state index >= 15 is 0 Å². The van der Waals surface area contributed by atoms with E-state index in [0.29, 0.717) is 12.1 Å². The monoisotopic (exact) mass is 296 g/mol. The van der Waals surface area contributed by atoms with Crippen LogP contribution in [0.1, 0.15) is 56.3 Å². The van der Waals surface area contributed by atoms with Gasteiger partial charge in [-0.05, 0) is 26.2 Å². The Bertz CT molecular complexity index is 433. The zero-order valence-corrected chi connectivity index (χ0v) is 13.2. The van der Waals surface area contributed by atoms with E-state index in [-0.39, 0.29) is 5.79 Å². The average molecular weight is 296 g/mol. The Balaban J connectivity index is 1.51. The van der Waals surface area contributed by atoms with Crippen molar-refractivity contribution in [2.45, 2.75) is 63.8 Å². The van der Waals surface area contributed by atoms with E-state index in [1.165, 1.54) is 10.7 Å². The van der Waals surface area contributed by atoms with Gasteiger partial charge in [0.15, 0.2) is 5.79 Å². The van der Waals surface area contributed by atoms with Gasteiger partial charge in [0.05, 0.1) is 23.9 Å². The second kappa shape index (κ2) is 6.10. The molecule has 1 unspecified atom stereocenters. The summed E-state index contributed by atoms with van der Waals surface area (Å²) < 4.78 is 11.6. The lowest BCUT2D eigenvalue weighted by Crippen LogP contribution is -2.42. The Hall–Kier alpha value is -0.490. The van der Waals surface area contributed by atoms with Gasteiger partial charge in [0.1, 0.15) is 0 Å². The molecule has 0 aromatic carbocycles. The topological polar surface area (TPSA) is 43.4 Å². The van der Waals surface area contributed by atoms with Crippen LogP contribution in [0.15, 0.2) is 5.38 Å². The molecule has 1 N–H and O–H groups in total. The Kier molecular flexibility index (Phi) is 4.40. The zero-order valence-electron chi connectivity index (χ0n) is 12.4. The van der Waals surface area contributed by atoms with Crippen LogP contribution in [-0.4, -0.2) is 30.0 Å². The number of rotatable bonds is 4. The summed E-state index contributed by atoms with van der Waals surface area (Å²) in [6, 6.07) is 0.881. The third-order valence-electron chi connectivity index (χ3n) is 4.36. The van der Waals surface area contributed by atoms with Gasteiger partial charge in [0.2, 0.25) is 0 Å². The molecule has 0 radical (unpaired) electrons. The van der Waals surface area contributed by atoms with Crippen molar-refractivity contribution < 1.29 is 9.47 Å². The number of nitrogens with zero attached hydrogens (tertiary/aromatic N) is 1. The number of thiazole rings is 1. The summed E-state index contributed by atoms with van der Waals surface area (Å²) in [6.45, 7) is 5.88. The highest BCUT2D eigenvalue weighted by atomic mass is 32.1. The predicted molar refractivity (Wildman–Crippen MR) is 79.9 cm³/mol. The van der Waals surface area contributed by atoms with E-state index in [1.807, 2.05) is 0 Å². The fourth-order valence-electron chi connectivity index (χ4n) is 3.14.